The Kier molecular flexibility index (Phi) is 13.2. The van der Waals surface area contributed by atoms with E-state index in [1.165, 1.54) is 13.8 Å². The topological polar surface area (TPSA) is 141 Å². The van der Waals surface area contributed by atoms with Gasteiger partial charge in [0.2, 0.25) is 5.90 Å². The van der Waals surface area contributed by atoms with Crippen molar-refractivity contribution in [1.82, 2.24) is 0 Å². The summed E-state index contributed by atoms with van der Waals surface area (Å²) in [6, 6.07) is 20.3. The van der Waals surface area contributed by atoms with Gasteiger partial charge < -0.3 is 42.6 Å². The number of esters is 2. The summed E-state index contributed by atoms with van der Waals surface area (Å²) in [5.74, 6) is 1.66. The second-order valence-electron chi connectivity index (χ2n) is 9.67. The third kappa shape index (κ3) is 11.1. The zero-order valence-electron chi connectivity index (χ0n) is 26.1. The number of carbonyl (C=O) groups excluding carboxylic acids is 2. The van der Waals surface area contributed by atoms with Crippen LogP contribution in [-0.4, -0.2) is 76.8 Å². The third-order valence-electron chi connectivity index (χ3n) is 6.27. The molecule has 1 N–H and O–H groups in total. The molecule has 3 rings (SSSR count). The summed E-state index contributed by atoms with van der Waals surface area (Å²) >= 11 is 0. The number of hydrogen-bond acceptors (Lipinski definition) is 12. The largest absolute Gasteiger partial charge is 0.497 e. The zero-order chi connectivity index (χ0) is 32.8. The van der Waals surface area contributed by atoms with Gasteiger partial charge in [-0.3, -0.25) is 5.41 Å². The monoisotopic (exact) mass is 625 g/mol. The summed E-state index contributed by atoms with van der Waals surface area (Å²) in [5.41, 5.74) is 0. The Morgan fingerprint density at radius 2 is 0.867 bits per heavy atom. The quantitative estimate of drug-likeness (QED) is 0.125. The van der Waals surface area contributed by atoms with E-state index in [0.29, 0.717) is 34.5 Å². The van der Waals surface area contributed by atoms with E-state index >= 15 is 0 Å². The molecule has 242 valence electrons. The van der Waals surface area contributed by atoms with Gasteiger partial charge in [-0.05, 0) is 93.6 Å². The van der Waals surface area contributed by atoms with Crippen LogP contribution >= 0.6 is 0 Å². The fourth-order valence-corrected chi connectivity index (χ4v) is 3.69. The van der Waals surface area contributed by atoms with Crippen molar-refractivity contribution in [2.24, 2.45) is 0 Å². The van der Waals surface area contributed by atoms with E-state index in [-0.39, 0.29) is 19.1 Å². The Labute approximate surface area is 262 Å². The number of hydrogen-bond donors (Lipinski definition) is 1. The molecule has 45 heavy (non-hydrogen) atoms. The standard InChI is InChI=1S/C33H39NO11/c1-21(42-27-13-7-24(37-4)8-14-27)31(34)40-19-30(45-33(36)23(3)44-29-17-11-26(39-6)12-18-29)20-41-32(35)22(2)43-28-15-9-25(38-5)10-16-28/h7-18,21-23,30,34H,19-20H2,1-6H3. The second kappa shape index (κ2) is 17.2. The molecule has 0 bridgehead atoms. The number of nitrogens with one attached hydrogen (secondary N) is 1. The maximum absolute atomic E-state index is 12.9. The Hall–Kier alpha value is -5.13. The van der Waals surface area contributed by atoms with Gasteiger partial charge in [-0.15, -0.1) is 0 Å². The molecular weight excluding hydrogens is 586 g/mol. The molecule has 0 aliphatic heterocycles. The number of benzene rings is 3. The van der Waals surface area contributed by atoms with Gasteiger partial charge >= 0.3 is 11.9 Å². The second-order valence-corrected chi connectivity index (χ2v) is 9.67. The van der Waals surface area contributed by atoms with Crippen molar-refractivity contribution in [2.75, 3.05) is 34.5 Å². The Morgan fingerprint density at radius 3 is 1.27 bits per heavy atom. The summed E-state index contributed by atoms with van der Waals surface area (Å²) in [5, 5.41) is 8.32. The predicted molar refractivity (Wildman–Crippen MR) is 164 cm³/mol. The lowest BCUT2D eigenvalue weighted by molar-refractivity contribution is -0.168. The molecule has 0 spiro atoms. The molecule has 0 saturated heterocycles. The van der Waals surface area contributed by atoms with Crippen molar-refractivity contribution >= 4 is 17.8 Å². The molecule has 0 aromatic heterocycles. The molecule has 0 radical (unpaired) electrons. The zero-order valence-corrected chi connectivity index (χ0v) is 26.1. The summed E-state index contributed by atoms with van der Waals surface area (Å²) in [7, 11) is 4.65. The van der Waals surface area contributed by atoms with Crippen molar-refractivity contribution in [1.29, 1.82) is 5.41 Å². The third-order valence-corrected chi connectivity index (χ3v) is 6.27. The van der Waals surface area contributed by atoms with Crippen molar-refractivity contribution in [2.45, 2.75) is 45.2 Å². The minimum absolute atomic E-state index is 0.225. The van der Waals surface area contributed by atoms with Crippen LogP contribution in [0.5, 0.6) is 34.5 Å². The van der Waals surface area contributed by atoms with Gasteiger partial charge in [0, 0.05) is 0 Å². The first-order valence-corrected chi connectivity index (χ1v) is 14.1. The molecule has 0 heterocycles. The van der Waals surface area contributed by atoms with Gasteiger partial charge in [0.1, 0.15) is 47.7 Å². The van der Waals surface area contributed by atoms with Crippen LogP contribution in [0.4, 0.5) is 0 Å². The molecule has 0 aliphatic rings. The molecule has 0 saturated carbocycles. The van der Waals surface area contributed by atoms with E-state index in [1.54, 1.807) is 101 Å². The minimum atomic E-state index is -1.08. The normalized spacial score (nSPS) is 13.2. The van der Waals surface area contributed by atoms with E-state index in [9.17, 15) is 9.59 Å². The van der Waals surface area contributed by atoms with Gasteiger partial charge in [-0.25, -0.2) is 9.59 Å². The molecule has 3 aromatic rings. The van der Waals surface area contributed by atoms with Crippen LogP contribution in [0.3, 0.4) is 0 Å². The van der Waals surface area contributed by atoms with Crippen LogP contribution in [-0.2, 0) is 23.8 Å². The molecule has 0 fully saturated rings. The molecule has 3 aromatic carbocycles. The predicted octanol–water partition coefficient (Wildman–Crippen LogP) is 4.86. The number of methoxy groups -OCH3 is 3. The fourth-order valence-electron chi connectivity index (χ4n) is 3.69. The molecule has 0 aliphatic carbocycles. The summed E-state index contributed by atoms with van der Waals surface area (Å²) in [4.78, 5) is 25.7. The first-order chi connectivity index (χ1) is 21.6. The van der Waals surface area contributed by atoms with Crippen LogP contribution in [0.15, 0.2) is 72.8 Å². The molecule has 4 atom stereocenters. The lowest BCUT2D eigenvalue weighted by Gasteiger charge is -2.23. The first kappa shape index (κ1) is 34.4. The van der Waals surface area contributed by atoms with Crippen LogP contribution in [0.25, 0.3) is 0 Å². The summed E-state index contributed by atoms with van der Waals surface area (Å²) in [6.45, 7) is 4.03. The lowest BCUT2D eigenvalue weighted by atomic mass is 10.3. The number of rotatable bonds is 17. The minimum Gasteiger partial charge on any atom is -0.497 e. The van der Waals surface area contributed by atoms with Crippen molar-refractivity contribution in [3.63, 3.8) is 0 Å². The Bertz CT molecular complexity index is 1290. The van der Waals surface area contributed by atoms with Gasteiger partial charge in [-0.2, -0.15) is 0 Å². The van der Waals surface area contributed by atoms with Crippen LogP contribution < -0.4 is 28.4 Å². The van der Waals surface area contributed by atoms with E-state index < -0.39 is 36.4 Å². The molecule has 4 unspecified atom stereocenters. The number of carbonyl (C=O) groups is 2. The first-order valence-electron chi connectivity index (χ1n) is 14.1. The van der Waals surface area contributed by atoms with E-state index in [0.717, 1.165) is 0 Å². The lowest BCUT2D eigenvalue weighted by Crippen LogP contribution is -2.38. The maximum Gasteiger partial charge on any atom is 0.347 e. The van der Waals surface area contributed by atoms with Gasteiger partial charge in [0.05, 0.1) is 21.3 Å². The van der Waals surface area contributed by atoms with E-state index in [2.05, 4.69) is 0 Å². The molecule has 12 heteroatoms. The molecule has 0 amide bonds. The average Bonchev–Trinajstić information content (AvgIpc) is 3.06. The average molecular weight is 626 g/mol. The highest BCUT2D eigenvalue weighted by Gasteiger charge is 2.26. The van der Waals surface area contributed by atoms with Crippen molar-refractivity contribution in [3.05, 3.63) is 72.8 Å². The van der Waals surface area contributed by atoms with Crippen molar-refractivity contribution in [3.8, 4) is 34.5 Å². The van der Waals surface area contributed by atoms with Crippen LogP contribution in [0.2, 0.25) is 0 Å². The number of ether oxygens (including phenoxy) is 9. The Morgan fingerprint density at radius 1 is 0.533 bits per heavy atom. The van der Waals surface area contributed by atoms with Crippen LogP contribution in [0, 0.1) is 5.41 Å². The fraction of sp³-hybridized carbons (Fsp3) is 0.364. The van der Waals surface area contributed by atoms with Gasteiger partial charge in [-0.1, -0.05) is 0 Å². The van der Waals surface area contributed by atoms with E-state index in [1.807, 2.05) is 0 Å². The highest BCUT2D eigenvalue weighted by Crippen LogP contribution is 2.21. The molecule has 12 nitrogen and oxygen atoms in total. The van der Waals surface area contributed by atoms with Crippen molar-refractivity contribution < 1.29 is 52.2 Å². The smallest absolute Gasteiger partial charge is 0.347 e. The van der Waals surface area contributed by atoms with Gasteiger partial charge in [0.15, 0.2) is 24.4 Å². The Balaban J connectivity index is 1.60. The summed E-state index contributed by atoms with van der Waals surface area (Å²) in [6.07, 6.45) is -3.83. The van der Waals surface area contributed by atoms with E-state index in [4.69, 9.17) is 48.0 Å². The highest BCUT2D eigenvalue weighted by atomic mass is 16.6. The van der Waals surface area contributed by atoms with Gasteiger partial charge in [0.25, 0.3) is 0 Å². The van der Waals surface area contributed by atoms with Crippen LogP contribution in [0.1, 0.15) is 20.8 Å². The highest BCUT2D eigenvalue weighted by molar-refractivity contribution is 5.78. The maximum atomic E-state index is 12.9. The molecular formula is C33H39NO11. The summed E-state index contributed by atoms with van der Waals surface area (Å²) < 4.78 is 49.1. The SMILES string of the molecule is COc1ccc(OC(C)C(=N)OCC(COC(=O)C(C)Oc2ccc(OC)cc2)OC(=O)C(C)Oc2ccc(OC)cc2)cc1.